The lowest BCUT2D eigenvalue weighted by Crippen LogP contribution is -2.35. The van der Waals surface area contributed by atoms with E-state index in [2.05, 4.69) is 11.9 Å². The lowest BCUT2D eigenvalue weighted by molar-refractivity contribution is -0.0227. The Morgan fingerprint density at radius 3 is 2.15 bits per heavy atom. The summed E-state index contributed by atoms with van der Waals surface area (Å²) in [5, 5.41) is 4.15. The quantitative estimate of drug-likeness (QED) is 0.473. The second kappa shape index (κ2) is 10.2. The van der Waals surface area contributed by atoms with Crippen molar-refractivity contribution in [3.63, 3.8) is 0 Å². The zero-order valence-corrected chi connectivity index (χ0v) is 18.8. The average Bonchev–Trinajstić information content (AvgIpc) is 2.52. The maximum Gasteiger partial charge on any atom is 0.176 e. The van der Waals surface area contributed by atoms with Crippen LogP contribution in [0.25, 0.3) is 0 Å². The number of hydrogen-bond donors (Lipinski definition) is 1. The fourth-order valence-corrected chi connectivity index (χ4v) is 4.38. The monoisotopic (exact) mass is 411 g/mol. The van der Waals surface area contributed by atoms with Crippen LogP contribution in [0.2, 0.25) is 0 Å². The van der Waals surface area contributed by atoms with Gasteiger partial charge in [0.2, 0.25) is 0 Å². The Hall–Kier alpha value is -0.440. The summed E-state index contributed by atoms with van der Waals surface area (Å²) in [5.74, 6) is 0.161. The predicted molar refractivity (Wildman–Crippen MR) is 109 cm³/mol. The van der Waals surface area contributed by atoms with Crippen molar-refractivity contribution in [3.05, 3.63) is 12.0 Å². The van der Waals surface area contributed by atoms with E-state index >= 15 is 0 Å². The van der Waals surface area contributed by atoms with Crippen molar-refractivity contribution in [3.8, 4) is 0 Å². The first kappa shape index (κ1) is 25.6. The van der Waals surface area contributed by atoms with Gasteiger partial charge in [0.15, 0.2) is 19.7 Å². The van der Waals surface area contributed by atoms with Gasteiger partial charge in [-0.25, -0.2) is 16.8 Å². The molecule has 1 N–H and O–H groups in total. The zero-order chi connectivity index (χ0) is 20.6. The van der Waals surface area contributed by atoms with Gasteiger partial charge in [0.1, 0.15) is 0 Å². The van der Waals surface area contributed by atoms with Crippen molar-refractivity contribution in [2.24, 2.45) is 0 Å². The van der Waals surface area contributed by atoms with Crippen LogP contribution in [-0.4, -0.2) is 57.9 Å². The second-order valence-electron chi connectivity index (χ2n) is 7.99. The normalized spacial score (nSPS) is 15.0. The van der Waals surface area contributed by atoms with Crippen LogP contribution >= 0.6 is 0 Å². The fraction of sp³-hybridized carbons (Fsp3) is 0.889. The van der Waals surface area contributed by atoms with E-state index in [9.17, 15) is 16.8 Å². The highest BCUT2D eigenvalue weighted by Crippen LogP contribution is 2.24. The summed E-state index contributed by atoms with van der Waals surface area (Å²) in [5.41, 5.74) is -0.634. The average molecular weight is 412 g/mol. The highest BCUT2D eigenvalue weighted by molar-refractivity contribution is 7.95. The Labute approximate surface area is 160 Å². The largest absolute Gasteiger partial charge is 0.375 e. The molecule has 0 amide bonds. The second-order valence-corrected chi connectivity index (χ2v) is 12.8. The summed E-state index contributed by atoms with van der Waals surface area (Å²) in [4.78, 5) is 0. The molecule has 0 aliphatic heterocycles. The third-order valence-electron chi connectivity index (χ3n) is 4.72. The maximum absolute atomic E-state index is 12.2. The molecule has 1 unspecified atom stereocenters. The maximum atomic E-state index is 12.2. The highest BCUT2D eigenvalue weighted by Gasteiger charge is 2.32. The van der Waals surface area contributed by atoms with Gasteiger partial charge < -0.3 is 10.1 Å². The summed E-state index contributed by atoms with van der Waals surface area (Å²) >= 11 is 0. The molecule has 26 heavy (non-hydrogen) atoms. The molecule has 0 aliphatic rings. The molecule has 0 saturated carbocycles. The molecule has 0 spiro atoms. The molecule has 0 aromatic carbocycles. The zero-order valence-electron chi connectivity index (χ0n) is 17.2. The molecule has 0 rings (SSSR count). The van der Waals surface area contributed by atoms with E-state index in [1.165, 1.54) is 0 Å². The van der Waals surface area contributed by atoms with Crippen LogP contribution < -0.4 is 5.32 Å². The van der Waals surface area contributed by atoms with Gasteiger partial charge >= 0.3 is 0 Å². The van der Waals surface area contributed by atoms with Gasteiger partial charge in [0.25, 0.3) is 0 Å². The van der Waals surface area contributed by atoms with E-state index in [1.807, 2.05) is 27.7 Å². The van der Waals surface area contributed by atoms with E-state index in [4.69, 9.17) is 4.74 Å². The number of hydrogen-bond acceptors (Lipinski definition) is 6. The summed E-state index contributed by atoms with van der Waals surface area (Å²) in [6.07, 6.45) is 1.64. The Balaban J connectivity index is 4.43. The van der Waals surface area contributed by atoms with Crippen LogP contribution in [0.5, 0.6) is 0 Å². The molecule has 0 aromatic heterocycles. The summed E-state index contributed by atoms with van der Waals surface area (Å²) in [6.45, 7) is 15.0. The molecule has 0 aromatic rings. The topological polar surface area (TPSA) is 89.5 Å². The van der Waals surface area contributed by atoms with Crippen molar-refractivity contribution in [2.45, 2.75) is 77.2 Å². The van der Waals surface area contributed by atoms with E-state index in [0.29, 0.717) is 25.4 Å². The Kier molecular flexibility index (Phi) is 10.0. The number of ether oxygens (including phenoxy) is 1. The predicted octanol–water partition coefficient (Wildman–Crippen LogP) is 2.70. The van der Waals surface area contributed by atoms with Gasteiger partial charge in [-0.2, -0.15) is 0 Å². The molecule has 0 saturated heterocycles. The lowest BCUT2D eigenvalue weighted by Gasteiger charge is -2.28. The molecular weight excluding hydrogens is 374 g/mol. The number of rotatable bonds is 14. The first-order valence-electron chi connectivity index (χ1n) is 9.13. The van der Waals surface area contributed by atoms with Crippen molar-refractivity contribution in [1.29, 1.82) is 0 Å². The molecule has 8 heteroatoms. The molecule has 0 aliphatic carbocycles. The van der Waals surface area contributed by atoms with E-state index < -0.39 is 30.0 Å². The lowest BCUT2D eigenvalue weighted by atomic mass is 10.1. The summed E-state index contributed by atoms with van der Waals surface area (Å²) in [6, 6.07) is 0.306. The van der Waals surface area contributed by atoms with E-state index in [-0.39, 0.29) is 18.1 Å². The molecule has 156 valence electrons. The van der Waals surface area contributed by atoms with Crippen molar-refractivity contribution < 1.29 is 21.6 Å². The van der Waals surface area contributed by atoms with Crippen LogP contribution in [0, 0.1) is 0 Å². The molecular formula is C18H37NO5S2. The number of sulfone groups is 2. The van der Waals surface area contributed by atoms with Crippen LogP contribution in [0.3, 0.4) is 0 Å². The first-order valence-corrected chi connectivity index (χ1v) is 12.5. The Morgan fingerprint density at radius 2 is 1.65 bits per heavy atom. The molecule has 0 heterocycles. The summed E-state index contributed by atoms with van der Waals surface area (Å²) < 4.78 is 53.0. The van der Waals surface area contributed by atoms with E-state index in [0.717, 1.165) is 11.8 Å². The molecule has 0 radical (unpaired) electrons. The van der Waals surface area contributed by atoms with Gasteiger partial charge in [0.05, 0.1) is 21.9 Å². The molecule has 0 bridgehead atoms. The standard InChI is InChI=1S/C18H37NO5S2/c1-8-16(3)19-12-15-25(20,21)14-11-17(4,5)24-13-10-18(6,7)26(22,23)9-2/h9,16,19H,2,8,10-15H2,1,3-7H3. The van der Waals surface area contributed by atoms with Crippen molar-refractivity contribution >= 4 is 19.7 Å². The smallest absolute Gasteiger partial charge is 0.176 e. The van der Waals surface area contributed by atoms with E-state index in [1.54, 1.807) is 13.8 Å². The highest BCUT2D eigenvalue weighted by atomic mass is 32.2. The van der Waals surface area contributed by atoms with Gasteiger partial charge in [0, 0.05) is 24.6 Å². The Bertz CT molecular complexity index is 636. The minimum Gasteiger partial charge on any atom is -0.375 e. The van der Waals surface area contributed by atoms with Gasteiger partial charge in [-0.3, -0.25) is 0 Å². The molecule has 6 nitrogen and oxygen atoms in total. The molecule has 0 fully saturated rings. The van der Waals surface area contributed by atoms with Crippen LogP contribution in [0.4, 0.5) is 0 Å². The van der Waals surface area contributed by atoms with Gasteiger partial charge in [-0.15, -0.1) is 0 Å². The molecule has 1 atom stereocenters. The van der Waals surface area contributed by atoms with Crippen LogP contribution in [-0.2, 0) is 24.4 Å². The summed E-state index contributed by atoms with van der Waals surface area (Å²) in [7, 11) is -6.54. The third kappa shape index (κ3) is 9.48. The van der Waals surface area contributed by atoms with Gasteiger partial charge in [-0.05, 0) is 53.9 Å². The number of nitrogens with one attached hydrogen (secondary N) is 1. The Morgan fingerprint density at radius 1 is 1.08 bits per heavy atom. The van der Waals surface area contributed by atoms with Crippen LogP contribution in [0.15, 0.2) is 12.0 Å². The third-order valence-corrected chi connectivity index (χ3v) is 8.56. The van der Waals surface area contributed by atoms with Crippen molar-refractivity contribution in [1.82, 2.24) is 5.32 Å². The minimum absolute atomic E-state index is 0.0521. The van der Waals surface area contributed by atoms with Crippen molar-refractivity contribution in [2.75, 3.05) is 24.7 Å². The van der Waals surface area contributed by atoms with Crippen LogP contribution in [0.1, 0.15) is 60.8 Å². The van der Waals surface area contributed by atoms with Gasteiger partial charge in [-0.1, -0.05) is 13.5 Å². The minimum atomic E-state index is -3.39. The SMILES string of the molecule is C=CS(=O)(=O)C(C)(C)CCOC(C)(C)CCS(=O)(=O)CCNC(C)CC. The fourth-order valence-electron chi connectivity index (χ4n) is 2.12. The first-order chi connectivity index (χ1) is 11.7.